The molecule has 1 aliphatic rings. The Kier molecular flexibility index (Phi) is 5.38. The van der Waals surface area contributed by atoms with Crippen LogP contribution in [0.15, 0.2) is 11.3 Å². The van der Waals surface area contributed by atoms with Crippen LogP contribution in [0.5, 0.6) is 0 Å². The van der Waals surface area contributed by atoms with Crippen LogP contribution in [0, 0.1) is 5.92 Å². The Morgan fingerprint density at radius 2 is 2.35 bits per heavy atom. The zero-order valence-electron chi connectivity index (χ0n) is 12.8. The van der Waals surface area contributed by atoms with Crippen molar-refractivity contribution in [1.29, 1.82) is 0 Å². The van der Waals surface area contributed by atoms with Gasteiger partial charge in [0.1, 0.15) is 18.7 Å². The molecule has 2 N–H and O–H groups in total. The first-order valence-electron chi connectivity index (χ1n) is 7.56. The lowest BCUT2D eigenvalue weighted by Crippen LogP contribution is -2.45. The van der Waals surface area contributed by atoms with Crippen molar-refractivity contribution in [3.05, 3.63) is 12.2 Å². The van der Waals surface area contributed by atoms with E-state index in [1.54, 1.807) is 11.0 Å². The van der Waals surface area contributed by atoms with Crippen LogP contribution >= 0.6 is 0 Å². The number of guanidine groups is 1. The third kappa shape index (κ3) is 4.21. The molecule has 1 aliphatic carbocycles. The van der Waals surface area contributed by atoms with Crippen molar-refractivity contribution >= 4 is 5.96 Å². The average Bonchev–Trinajstić information content (AvgIpc) is 2.82. The van der Waals surface area contributed by atoms with Gasteiger partial charge in [0.25, 0.3) is 0 Å². The molecule has 0 spiro atoms. The van der Waals surface area contributed by atoms with Crippen molar-refractivity contribution < 1.29 is 0 Å². The zero-order chi connectivity index (χ0) is 14.4. The zero-order valence-corrected chi connectivity index (χ0v) is 12.8. The van der Waals surface area contributed by atoms with Gasteiger partial charge in [-0.2, -0.15) is 5.10 Å². The maximum atomic E-state index is 4.61. The van der Waals surface area contributed by atoms with Gasteiger partial charge < -0.3 is 10.6 Å². The lowest BCUT2D eigenvalue weighted by Gasteiger charge is -2.28. The molecule has 2 rings (SSSR count). The topological polar surface area (TPSA) is 67.1 Å². The fraction of sp³-hybridized carbons (Fsp3) is 0.786. The fourth-order valence-corrected chi connectivity index (χ4v) is 2.69. The maximum absolute atomic E-state index is 4.61. The molecule has 1 aromatic rings. The van der Waals surface area contributed by atoms with E-state index in [1.807, 2.05) is 7.05 Å². The number of rotatable bonds is 4. The summed E-state index contributed by atoms with van der Waals surface area (Å²) >= 11 is 0. The lowest BCUT2D eigenvalue weighted by molar-refractivity contribution is 0.324. The first-order chi connectivity index (χ1) is 9.69. The number of aromatic nitrogens is 3. The minimum Gasteiger partial charge on any atom is -0.357 e. The predicted octanol–water partition coefficient (Wildman–Crippen LogP) is 1.45. The summed E-state index contributed by atoms with van der Waals surface area (Å²) in [6, 6.07) is 0.538. The van der Waals surface area contributed by atoms with Crippen molar-refractivity contribution in [1.82, 2.24) is 25.4 Å². The second kappa shape index (κ2) is 7.26. The number of hydrogen-bond donors (Lipinski definition) is 2. The van der Waals surface area contributed by atoms with Gasteiger partial charge in [0.15, 0.2) is 5.96 Å². The summed E-state index contributed by atoms with van der Waals surface area (Å²) in [7, 11) is 1.89. The summed E-state index contributed by atoms with van der Waals surface area (Å²) in [5, 5.41) is 10.9. The molecule has 1 heterocycles. The molecule has 6 heteroatoms. The Labute approximate surface area is 121 Å². The fourth-order valence-electron chi connectivity index (χ4n) is 2.69. The first kappa shape index (κ1) is 14.8. The molecule has 1 fully saturated rings. The molecule has 0 aliphatic heterocycles. The molecular weight excluding hydrogens is 252 g/mol. The normalized spacial score (nSPS) is 23.6. The molecule has 0 bridgehead atoms. The summed E-state index contributed by atoms with van der Waals surface area (Å²) in [6.07, 6.45) is 6.69. The van der Waals surface area contributed by atoms with Gasteiger partial charge in [-0.05, 0) is 25.7 Å². The van der Waals surface area contributed by atoms with Gasteiger partial charge in [0.2, 0.25) is 0 Å². The van der Waals surface area contributed by atoms with E-state index in [-0.39, 0.29) is 0 Å². The smallest absolute Gasteiger partial charge is 0.191 e. The third-order valence-electron chi connectivity index (χ3n) is 3.81. The summed E-state index contributed by atoms with van der Waals surface area (Å²) in [4.78, 5) is 8.80. The van der Waals surface area contributed by atoms with Gasteiger partial charge in [0.05, 0.1) is 0 Å². The Hall–Kier alpha value is -1.59. The van der Waals surface area contributed by atoms with E-state index >= 15 is 0 Å². The molecule has 112 valence electrons. The summed E-state index contributed by atoms with van der Waals surface area (Å²) in [6.45, 7) is 5.83. The van der Waals surface area contributed by atoms with Crippen LogP contribution in [0.2, 0.25) is 0 Å². The van der Waals surface area contributed by atoms with Crippen LogP contribution in [0.1, 0.15) is 45.4 Å². The van der Waals surface area contributed by atoms with Crippen LogP contribution in [0.25, 0.3) is 0 Å². The van der Waals surface area contributed by atoms with E-state index in [9.17, 15) is 0 Å². The molecule has 1 aromatic heterocycles. The molecule has 1 saturated carbocycles. The Morgan fingerprint density at radius 3 is 3.00 bits per heavy atom. The van der Waals surface area contributed by atoms with Crippen LogP contribution in [-0.2, 0) is 13.6 Å². The predicted molar refractivity (Wildman–Crippen MR) is 80.4 cm³/mol. The van der Waals surface area contributed by atoms with E-state index in [0.717, 1.165) is 24.2 Å². The molecular formula is C14H26N6. The van der Waals surface area contributed by atoms with Gasteiger partial charge in [-0.15, -0.1) is 0 Å². The van der Waals surface area contributed by atoms with E-state index in [2.05, 4.69) is 39.6 Å². The Balaban J connectivity index is 1.93. The monoisotopic (exact) mass is 278 g/mol. The molecule has 0 amide bonds. The van der Waals surface area contributed by atoms with Crippen LogP contribution < -0.4 is 10.6 Å². The minimum absolute atomic E-state index is 0.538. The highest BCUT2D eigenvalue weighted by Gasteiger charge is 2.19. The lowest BCUT2D eigenvalue weighted by atomic mass is 9.87. The maximum Gasteiger partial charge on any atom is 0.191 e. The number of nitrogens with one attached hydrogen (secondary N) is 2. The largest absolute Gasteiger partial charge is 0.357 e. The molecule has 20 heavy (non-hydrogen) atoms. The van der Waals surface area contributed by atoms with Gasteiger partial charge in [-0.1, -0.05) is 19.8 Å². The molecule has 6 nitrogen and oxygen atoms in total. The number of aliphatic imine (C=N–C) groups is 1. The van der Waals surface area contributed by atoms with Crippen molar-refractivity contribution in [3.63, 3.8) is 0 Å². The molecule has 0 radical (unpaired) electrons. The average molecular weight is 278 g/mol. The van der Waals surface area contributed by atoms with Crippen LogP contribution in [0.3, 0.4) is 0 Å². The highest BCUT2D eigenvalue weighted by Crippen LogP contribution is 2.23. The molecule has 0 aromatic carbocycles. The van der Waals surface area contributed by atoms with Gasteiger partial charge in [-0.25, -0.2) is 9.98 Å². The SMILES string of the molecule is CCNC(=NCc1ncnn1C)NC1CCCC(C)C1. The quantitative estimate of drug-likeness (QED) is 0.646. The molecule has 2 atom stereocenters. The van der Waals surface area contributed by atoms with E-state index in [4.69, 9.17) is 0 Å². The summed E-state index contributed by atoms with van der Waals surface area (Å²) in [5.74, 6) is 2.57. The van der Waals surface area contributed by atoms with E-state index in [1.165, 1.54) is 25.7 Å². The summed E-state index contributed by atoms with van der Waals surface area (Å²) in [5.41, 5.74) is 0. The number of hydrogen-bond acceptors (Lipinski definition) is 3. The number of aryl methyl sites for hydroxylation is 1. The highest BCUT2D eigenvalue weighted by atomic mass is 15.3. The van der Waals surface area contributed by atoms with Crippen molar-refractivity contribution in [3.8, 4) is 0 Å². The van der Waals surface area contributed by atoms with Crippen molar-refractivity contribution in [2.24, 2.45) is 18.0 Å². The van der Waals surface area contributed by atoms with Gasteiger partial charge in [0, 0.05) is 19.6 Å². The van der Waals surface area contributed by atoms with E-state index < -0.39 is 0 Å². The second-order valence-corrected chi connectivity index (χ2v) is 5.61. The van der Waals surface area contributed by atoms with Crippen molar-refractivity contribution in [2.45, 2.75) is 52.1 Å². The van der Waals surface area contributed by atoms with Crippen LogP contribution in [-0.4, -0.2) is 33.3 Å². The number of nitrogens with zero attached hydrogens (tertiary/aromatic N) is 4. The second-order valence-electron chi connectivity index (χ2n) is 5.61. The van der Waals surface area contributed by atoms with Crippen LogP contribution in [0.4, 0.5) is 0 Å². The minimum atomic E-state index is 0.538. The van der Waals surface area contributed by atoms with Gasteiger partial charge in [-0.3, -0.25) is 4.68 Å². The standard InChI is InChI=1S/C14H26N6/c1-4-15-14(16-9-13-17-10-18-20(13)3)19-12-7-5-6-11(2)8-12/h10-12H,4-9H2,1-3H3,(H2,15,16,19). The van der Waals surface area contributed by atoms with Gasteiger partial charge >= 0.3 is 0 Å². The Bertz CT molecular complexity index is 439. The third-order valence-corrected chi connectivity index (χ3v) is 3.81. The molecule has 0 saturated heterocycles. The summed E-state index contributed by atoms with van der Waals surface area (Å²) < 4.78 is 1.76. The highest BCUT2D eigenvalue weighted by molar-refractivity contribution is 5.80. The van der Waals surface area contributed by atoms with Crippen molar-refractivity contribution in [2.75, 3.05) is 6.54 Å². The van der Waals surface area contributed by atoms with E-state index in [0.29, 0.717) is 12.6 Å². The molecule has 2 unspecified atom stereocenters. The first-order valence-corrected chi connectivity index (χ1v) is 7.56. The Morgan fingerprint density at radius 1 is 1.50 bits per heavy atom.